The highest BCUT2D eigenvalue weighted by molar-refractivity contribution is 5.06. The van der Waals surface area contributed by atoms with Gasteiger partial charge in [-0.05, 0) is 54.9 Å². The van der Waals surface area contributed by atoms with Crippen LogP contribution in [-0.2, 0) is 12.8 Å². The van der Waals surface area contributed by atoms with Crippen molar-refractivity contribution in [3.63, 3.8) is 0 Å². The van der Waals surface area contributed by atoms with E-state index in [1.807, 2.05) is 0 Å². The lowest BCUT2D eigenvalue weighted by Gasteiger charge is -2.39. The molecule has 0 radical (unpaired) electrons. The summed E-state index contributed by atoms with van der Waals surface area (Å²) in [6.45, 7) is 4.63. The van der Waals surface area contributed by atoms with Crippen LogP contribution in [0.4, 0.5) is 0 Å². The first-order valence-corrected chi connectivity index (χ1v) is 15.1. The predicted molar refractivity (Wildman–Crippen MR) is 142 cm³/mol. The lowest BCUT2D eigenvalue weighted by Crippen LogP contribution is -2.31. The van der Waals surface area contributed by atoms with E-state index in [2.05, 4.69) is 26.2 Å². The highest BCUT2D eigenvalue weighted by Gasteiger charge is 2.33. The van der Waals surface area contributed by atoms with E-state index in [9.17, 15) is 0 Å². The summed E-state index contributed by atoms with van der Waals surface area (Å²) in [5.41, 5.74) is 1.35. The molecule has 0 bridgehead atoms. The van der Waals surface area contributed by atoms with Crippen molar-refractivity contribution in [2.24, 2.45) is 23.7 Å². The zero-order valence-electron chi connectivity index (χ0n) is 22.2. The Hall–Kier alpha value is -0.920. The molecular formula is C31H54N2. The van der Waals surface area contributed by atoms with Crippen LogP contribution in [0.1, 0.15) is 147 Å². The van der Waals surface area contributed by atoms with Crippen molar-refractivity contribution in [3.8, 4) is 0 Å². The van der Waals surface area contributed by atoms with Gasteiger partial charge in [0, 0.05) is 18.8 Å². The van der Waals surface area contributed by atoms with Gasteiger partial charge in [-0.15, -0.1) is 0 Å². The van der Waals surface area contributed by atoms with Crippen LogP contribution >= 0.6 is 0 Å². The summed E-state index contributed by atoms with van der Waals surface area (Å²) >= 11 is 0. The SMILES string of the molecule is CCCCCCCCCc1cnc(CC(C2CCCCC2)C2CCC(CCCC)CC2)nc1. The first-order chi connectivity index (χ1) is 16.3. The zero-order chi connectivity index (χ0) is 23.1. The van der Waals surface area contributed by atoms with E-state index < -0.39 is 0 Å². The third-order valence-corrected chi connectivity index (χ3v) is 8.96. The topological polar surface area (TPSA) is 25.8 Å². The van der Waals surface area contributed by atoms with Crippen LogP contribution in [0, 0.1) is 23.7 Å². The maximum Gasteiger partial charge on any atom is 0.128 e. The molecule has 0 aromatic carbocycles. The van der Waals surface area contributed by atoms with Crippen molar-refractivity contribution in [2.45, 2.75) is 149 Å². The molecule has 2 nitrogen and oxygen atoms in total. The maximum absolute atomic E-state index is 4.89. The average molecular weight is 455 g/mol. The number of aromatic nitrogens is 2. The molecule has 2 aliphatic rings. The second-order valence-electron chi connectivity index (χ2n) is 11.6. The summed E-state index contributed by atoms with van der Waals surface area (Å²) in [4.78, 5) is 9.78. The second kappa shape index (κ2) is 15.9. The van der Waals surface area contributed by atoms with E-state index in [4.69, 9.17) is 9.97 Å². The molecule has 2 heteroatoms. The lowest BCUT2D eigenvalue weighted by atomic mass is 9.66. The van der Waals surface area contributed by atoms with Gasteiger partial charge in [0.2, 0.25) is 0 Å². The Labute approximate surface area is 206 Å². The van der Waals surface area contributed by atoms with Gasteiger partial charge in [-0.1, -0.05) is 117 Å². The molecule has 0 amide bonds. The standard InChI is InChI=1S/C31H54N2/c1-3-5-7-8-9-10-12-16-27-24-32-31(33-25-27)23-30(28-17-13-11-14-18-28)29-21-19-26(20-22-29)15-6-4-2/h24-26,28-30H,3-23H2,1-2H3. The number of unbranched alkanes of at least 4 members (excludes halogenated alkanes) is 7. The molecule has 188 valence electrons. The Morgan fingerprint density at radius 3 is 1.97 bits per heavy atom. The minimum atomic E-state index is 0.825. The van der Waals surface area contributed by atoms with Crippen molar-refractivity contribution >= 4 is 0 Å². The number of nitrogens with zero attached hydrogens (tertiary/aromatic N) is 2. The van der Waals surface area contributed by atoms with Crippen LogP contribution in [0.3, 0.4) is 0 Å². The van der Waals surface area contributed by atoms with Crippen molar-refractivity contribution in [3.05, 3.63) is 23.8 Å². The Kier molecular flexibility index (Phi) is 12.8. The van der Waals surface area contributed by atoms with E-state index in [0.717, 1.165) is 42.3 Å². The van der Waals surface area contributed by atoms with E-state index in [1.165, 1.54) is 128 Å². The van der Waals surface area contributed by atoms with Crippen LogP contribution in [0.5, 0.6) is 0 Å². The van der Waals surface area contributed by atoms with Gasteiger partial charge in [0.25, 0.3) is 0 Å². The molecule has 0 saturated heterocycles. The molecule has 0 spiro atoms. The first kappa shape index (κ1) is 26.7. The fourth-order valence-corrected chi connectivity index (χ4v) is 6.79. The normalized spacial score (nSPS) is 23.0. The monoisotopic (exact) mass is 454 g/mol. The molecule has 0 N–H and O–H groups in total. The van der Waals surface area contributed by atoms with E-state index in [-0.39, 0.29) is 0 Å². The molecule has 2 aliphatic carbocycles. The third-order valence-electron chi connectivity index (χ3n) is 8.96. The van der Waals surface area contributed by atoms with Gasteiger partial charge >= 0.3 is 0 Å². The summed E-state index contributed by atoms with van der Waals surface area (Å²) in [7, 11) is 0. The molecule has 0 aliphatic heterocycles. The minimum absolute atomic E-state index is 0.825. The minimum Gasteiger partial charge on any atom is -0.241 e. The third kappa shape index (κ3) is 9.69. The smallest absolute Gasteiger partial charge is 0.128 e. The van der Waals surface area contributed by atoms with Gasteiger partial charge < -0.3 is 0 Å². The van der Waals surface area contributed by atoms with Gasteiger partial charge in [-0.25, -0.2) is 9.97 Å². The number of rotatable bonds is 15. The van der Waals surface area contributed by atoms with Crippen molar-refractivity contribution in [1.29, 1.82) is 0 Å². The fraction of sp³-hybridized carbons (Fsp3) is 0.871. The first-order valence-electron chi connectivity index (χ1n) is 15.1. The Balaban J connectivity index is 1.48. The molecule has 2 fully saturated rings. The van der Waals surface area contributed by atoms with E-state index in [0.29, 0.717) is 0 Å². The number of hydrogen-bond donors (Lipinski definition) is 0. The average Bonchev–Trinajstić information content (AvgIpc) is 2.87. The highest BCUT2D eigenvalue weighted by Crippen LogP contribution is 2.43. The molecule has 1 aromatic rings. The summed E-state index contributed by atoms with van der Waals surface area (Å²) in [5, 5.41) is 0. The quantitative estimate of drug-likeness (QED) is 0.246. The summed E-state index contributed by atoms with van der Waals surface area (Å²) in [6, 6.07) is 0. The van der Waals surface area contributed by atoms with Crippen molar-refractivity contribution < 1.29 is 0 Å². The van der Waals surface area contributed by atoms with Gasteiger partial charge in [0.15, 0.2) is 0 Å². The highest BCUT2D eigenvalue weighted by atomic mass is 14.9. The molecule has 2 saturated carbocycles. The molecule has 3 rings (SSSR count). The summed E-state index contributed by atoms with van der Waals surface area (Å²) in [5.74, 6) is 4.80. The van der Waals surface area contributed by atoms with Crippen LogP contribution in [0.15, 0.2) is 12.4 Å². The molecule has 33 heavy (non-hydrogen) atoms. The Morgan fingerprint density at radius 2 is 1.30 bits per heavy atom. The van der Waals surface area contributed by atoms with Gasteiger partial charge in [0.05, 0.1) is 0 Å². The Bertz CT molecular complexity index is 596. The second-order valence-corrected chi connectivity index (χ2v) is 11.6. The predicted octanol–water partition coefficient (Wildman–Crippen LogP) is 9.51. The fourth-order valence-electron chi connectivity index (χ4n) is 6.79. The van der Waals surface area contributed by atoms with Gasteiger partial charge in [0.1, 0.15) is 5.82 Å². The molecule has 1 heterocycles. The van der Waals surface area contributed by atoms with Gasteiger partial charge in [-0.3, -0.25) is 0 Å². The molecular weight excluding hydrogens is 400 g/mol. The Morgan fingerprint density at radius 1 is 0.697 bits per heavy atom. The molecule has 1 unspecified atom stereocenters. The van der Waals surface area contributed by atoms with Crippen LogP contribution in [0.25, 0.3) is 0 Å². The maximum atomic E-state index is 4.89. The van der Waals surface area contributed by atoms with Crippen LogP contribution in [-0.4, -0.2) is 9.97 Å². The van der Waals surface area contributed by atoms with Crippen LogP contribution < -0.4 is 0 Å². The molecule has 1 aromatic heterocycles. The number of hydrogen-bond acceptors (Lipinski definition) is 2. The molecule has 1 atom stereocenters. The van der Waals surface area contributed by atoms with Crippen LogP contribution in [0.2, 0.25) is 0 Å². The van der Waals surface area contributed by atoms with Gasteiger partial charge in [-0.2, -0.15) is 0 Å². The lowest BCUT2D eigenvalue weighted by molar-refractivity contribution is 0.121. The van der Waals surface area contributed by atoms with Crippen molar-refractivity contribution in [2.75, 3.05) is 0 Å². The van der Waals surface area contributed by atoms with E-state index in [1.54, 1.807) is 0 Å². The summed E-state index contributed by atoms with van der Waals surface area (Å²) in [6.07, 6.45) is 33.6. The summed E-state index contributed by atoms with van der Waals surface area (Å²) < 4.78 is 0. The zero-order valence-corrected chi connectivity index (χ0v) is 22.2. The van der Waals surface area contributed by atoms with Crippen molar-refractivity contribution in [1.82, 2.24) is 9.97 Å². The number of aryl methyl sites for hydroxylation is 1. The largest absolute Gasteiger partial charge is 0.241 e. The van der Waals surface area contributed by atoms with E-state index >= 15 is 0 Å².